The molecule has 3 heteroatoms. The first kappa shape index (κ1) is 14.0. The van der Waals surface area contributed by atoms with Crippen molar-refractivity contribution in [3.63, 3.8) is 0 Å². The predicted octanol–water partition coefficient (Wildman–Crippen LogP) is 2.39. The summed E-state index contributed by atoms with van der Waals surface area (Å²) in [4.78, 5) is 0. The van der Waals surface area contributed by atoms with Gasteiger partial charge in [-0.2, -0.15) is 0 Å². The number of benzene rings is 1. The van der Waals surface area contributed by atoms with Gasteiger partial charge in [-0.3, -0.25) is 0 Å². The van der Waals surface area contributed by atoms with Gasteiger partial charge in [0.15, 0.2) is 0 Å². The van der Waals surface area contributed by atoms with E-state index in [0.29, 0.717) is 12.6 Å². The first-order chi connectivity index (χ1) is 8.11. The van der Waals surface area contributed by atoms with Gasteiger partial charge in [0.1, 0.15) is 18.5 Å². The summed E-state index contributed by atoms with van der Waals surface area (Å²) in [7, 11) is 1.71. The van der Waals surface area contributed by atoms with Crippen LogP contribution in [-0.2, 0) is 4.74 Å². The van der Waals surface area contributed by atoms with E-state index in [1.807, 2.05) is 18.2 Å². The maximum atomic E-state index is 5.71. The molecule has 0 unspecified atom stereocenters. The van der Waals surface area contributed by atoms with Crippen molar-refractivity contribution in [2.24, 2.45) is 0 Å². The number of rotatable bonds is 7. The van der Waals surface area contributed by atoms with Crippen LogP contribution in [0.4, 0.5) is 0 Å². The molecule has 1 aromatic carbocycles. The molecule has 1 rings (SSSR count). The second-order valence-corrected chi connectivity index (χ2v) is 4.55. The molecule has 17 heavy (non-hydrogen) atoms. The van der Waals surface area contributed by atoms with E-state index in [1.54, 1.807) is 7.11 Å². The van der Waals surface area contributed by atoms with Crippen LogP contribution in [0, 0.1) is 6.92 Å². The smallest absolute Gasteiger partial charge is 0.119 e. The highest BCUT2D eigenvalue weighted by Crippen LogP contribution is 2.12. The first-order valence-corrected chi connectivity index (χ1v) is 6.07. The Balaban J connectivity index is 2.37. The summed E-state index contributed by atoms with van der Waals surface area (Å²) in [5.74, 6) is 0.900. The molecular formula is C14H23NO2. The molecule has 0 heterocycles. The molecule has 0 fully saturated rings. The van der Waals surface area contributed by atoms with E-state index < -0.39 is 0 Å². The number of hydrogen-bond donors (Lipinski definition) is 1. The fourth-order valence-corrected chi connectivity index (χ4v) is 1.47. The summed E-state index contributed by atoms with van der Waals surface area (Å²) >= 11 is 0. The molecule has 0 amide bonds. The van der Waals surface area contributed by atoms with Crippen molar-refractivity contribution in [2.45, 2.75) is 32.9 Å². The largest absolute Gasteiger partial charge is 0.491 e. The Morgan fingerprint density at radius 3 is 2.65 bits per heavy atom. The molecule has 0 aliphatic rings. The van der Waals surface area contributed by atoms with Crippen LogP contribution in [0.2, 0.25) is 0 Å². The Morgan fingerprint density at radius 2 is 2.06 bits per heavy atom. The molecule has 3 nitrogen and oxygen atoms in total. The van der Waals surface area contributed by atoms with E-state index in [2.05, 4.69) is 32.2 Å². The van der Waals surface area contributed by atoms with Gasteiger partial charge in [0, 0.05) is 19.7 Å². The standard InChI is InChI=1S/C14H23NO2/c1-11(2)15-9-14(16-4)10-17-13-7-5-6-12(3)8-13/h5-8,11,14-15H,9-10H2,1-4H3/t14-/m0/s1. The molecule has 0 spiro atoms. The van der Waals surface area contributed by atoms with Crippen LogP contribution in [0.5, 0.6) is 5.75 Å². The molecule has 96 valence electrons. The van der Waals surface area contributed by atoms with Crippen molar-refractivity contribution in [1.82, 2.24) is 5.32 Å². The Labute approximate surface area is 104 Å². The molecule has 0 aromatic heterocycles. The van der Waals surface area contributed by atoms with E-state index in [-0.39, 0.29) is 6.10 Å². The molecular weight excluding hydrogens is 214 g/mol. The lowest BCUT2D eigenvalue weighted by Gasteiger charge is -2.18. The Hall–Kier alpha value is -1.06. The van der Waals surface area contributed by atoms with Crippen LogP contribution in [0.15, 0.2) is 24.3 Å². The number of ether oxygens (including phenoxy) is 2. The van der Waals surface area contributed by atoms with Crippen molar-refractivity contribution in [3.8, 4) is 5.75 Å². The summed E-state index contributed by atoms with van der Waals surface area (Å²) in [5, 5.41) is 3.34. The van der Waals surface area contributed by atoms with Crippen LogP contribution in [-0.4, -0.2) is 32.4 Å². The molecule has 0 aliphatic heterocycles. The predicted molar refractivity (Wildman–Crippen MR) is 70.6 cm³/mol. The topological polar surface area (TPSA) is 30.5 Å². The minimum Gasteiger partial charge on any atom is -0.491 e. The fraction of sp³-hybridized carbons (Fsp3) is 0.571. The van der Waals surface area contributed by atoms with Crippen molar-refractivity contribution in [3.05, 3.63) is 29.8 Å². The average Bonchev–Trinajstić information content (AvgIpc) is 2.29. The normalized spacial score (nSPS) is 12.8. The van der Waals surface area contributed by atoms with Gasteiger partial charge in [0.05, 0.1) is 0 Å². The van der Waals surface area contributed by atoms with Crippen LogP contribution in [0.1, 0.15) is 19.4 Å². The van der Waals surface area contributed by atoms with Crippen LogP contribution in [0.3, 0.4) is 0 Å². The van der Waals surface area contributed by atoms with Crippen LogP contribution < -0.4 is 10.1 Å². The summed E-state index contributed by atoms with van der Waals surface area (Å²) in [6.07, 6.45) is 0.0814. The van der Waals surface area contributed by atoms with E-state index in [1.165, 1.54) is 5.56 Å². The monoisotopic (exact) mass is 237 g/mol. The van der Waals surface area contributed by atoms with E-state index in [4.69, 9.17) is 9.47 Å². The molecule has 0 saturated heterocycles. The zero-order chi connectivity index (χ0) is 12.7. The van der Waals surface area contributed by atoms with E-state index in [9.17, 15) is 0 Å². The van der Waals surface area contributed by atoms with Crippen molar-refractivity contribution in [1.29, 1.82) is 0 Å². The van der Waals surface area contributed by atoms with E-state index in [0.717, 1.165) is 12.3 Å². The summed E-state index contributed by atoms with van der Waals surface area (Å²) in [6.45, 7) is 7.67. The zero-order valence-corrected chi connectivity index (χ0v) is 11.2. The van der Waals surface area contributed by atoms with Crippen LogP contribution in [0.25, 0.3) is 0 Å². The summed E-state index contributed by atoms with van der Waals surface area (Å²) in [5.41, 5.74) is 1.21. The van der Waals surface area contributed by atoms with Gasteiger partial charge in [0.2, 0.25) is 0 Å². The lowest BCUT2D eigenvalue weighted by atomic mass is 10.2. The van der Waals surface area contributed by atoms with Gasteiger partial charge in [0.25, 0.3) is 0 Å². The fourth-order valence-electron chi connectivity index (χ4n) is 1.47. The van der Waals surface area contributed by atoms with Gasteiger partial charge in [-0.15, -0.1) is 0 Å². The van der Waals surface area contributed by atoms with Gasteiger partial charge in [-0.25, -0.2) is 0 Å². The molecule has 1 aromatic rings. The summed E-state index contributed by atoms with van der Waals surface area (Å²) in [6, 6.07) is 8.52. The lowest BCUT2D eigenvalue weighted by Crippen LogP contribution is -2.36. The van der Waals surface area contributed by atoms with Gasteiger partial charge in [-0.05, 0) is 24.6 Å². The highest BCUT2D eigenvalue weighted by atomic mass is 16.5. The lowest BCUT2D eigenvalue weighted by molar-refractivity contribution is 0.0567. The Kier molecular flexibility index (Phi) is 6.01. The second-order valence-electron chi connectivity index (χ2n) is 4.55. The molecule has 1 atom stereocenters. The summed E-state index contributed by atoms with van der Waals surface area (Å²) < 4.78 is 11.1. The number of hydrogen-bond acceptors (Lipinski definition) is 3. The molecule has 0 aliphatic carbocycles. The average molecular weight is 237 g/mol. The highest BCUT2D eigenvalue weighted by molar-refractivity contribution is 5.27. The third-order valence-electron chi connectivity index (χ3n) is 2.51. The number of nitrogens with one attached hydrogen (secondary N) is 1. The van der Waals surface area contributed by atoms with Crippen molar-refractivity contribution in [2.75, 3.05) is 20.3 Å². The van der Waals surface area contributed by atoms with Gasteiger partial charge >= 0.3 is 0 Å². The molecule has 1 N–H and O–H groups in total. The van der Waals surface area contributed by atoms with Crippen molar-refractivity contribution >= 4 is 0 Å². The Bertz CT molecular complexity index is 326. The maximum Gasteiger partial charge on any atom is 0.119 e. The SMILES string of the molecule is CO[C@@H](CNC(C)C)COc1cccc(C)c1. The first-order valence-electron chi connectivity index (χ1n) is 6.07. The highest BCUT2D eigenvalue weighted by Gasteiger charge is 2.08. The minimum absolute atomic E-state index is 0.0814. The molecule has 0 bridgehead atoms. The third kappa shape index (κ3) is 5.71. The third-order valence-corrected chi connectivity index (χ3v) is 2.51. The molecule has 0 radical (unpaired) electrons. The van der Waals surface area contributed by atoms with Gasteiger partial charge in [-0.1, -0.05) is 26.0 Å². The van der Waals surface area contributed by atoms with Gasteiger partial charge < -0.3 is 14.8 Å². The molecule has 0 saturated carbocycles. The quantitative estimate of drug-likeness (QED) is 0.790. The number of aryl methyl sites for hydroxylation is 1. The Morgan fingerprint density at radius 1 is 1.29 bits per heavy atom. The zero-order valence-electron chi connectivity index (χ0n) is 11.2. The minimum atomic E-state index is 0.0814. The number of methoxy groups -OCH3 is 1. The maximum absolute atomic E-state index is 5.71. The van der Waals surface area contributed by atoms with E-state index >= 15 is 0 Å². The van der Waals surface area contributed by atoms with Crippen LogP contribution >= 0.6 is 0 Å². The van der Waals surface area contributed by atoms with Crippen molar-refractivity contribution < 1.29 is 9.47 Å². The second kappa shape index (κ2) is 7.30.